The van der Waals surface area contributed by atoms with Crippen LogP contribution in [0.1, 0.15) is 28.7 Å². The lowest BCUT2D eigenvalue weighted by Crippen LogP contribution is -2.33. The highest BCUT2D eigenvalue weighted by atomic mass is 16.2. The van der Waals surface area contributed by atoms with Crippen molar-refractivity contribution in [2.24, 2.45) is 5.92 Å². The van der Waals surface area contributed by atoms with Crippen LogP contribution in [0.15, 0.2) is 48.5 Å². The number of rotatable bonds is 6. The van der Waals surface area contributed by atoms with E-state index in [9.17, 15) is 9.59 Å². The van der Waals surface area contributed by atoms with E-state index < -0.39 is 0 Å². The zero-order chi connectivity index (χ0) is 18.5. The fourth-order valence-electron chi connectivity index (χ4n) is 3.39. The summed E-state index contributed by atoms with van der Waals surface area (Å²) in [7, 11) is 0. The molecule has 1 atom stereocenters. The van der Waals surface area contributed by atoms with Crippen molar-refractivity contribution >= 4 is 11.8 Å². The van der Waals surface area contributed by atoms with Crippen LogP contribution in [0.25, 0.3) is 0 Å². The zero-order valence-corrected chi connectivity index (χ0v) is 15.5. The maximum absolute atomic E-state index is 12.5. The Hall–Kier alpha value is -2.62. The van der Waals surface area contributed by atoms with Gasteiger partial charge in [-0.2, -0.15) is 0 Å². The highest BCUT2D eigenvalue weighted by Crippen LogP contribution is 2.19. The van der Waals surface area contributed by atoms with E-state index in [1.807, 2.05) is 36.9 Å². The summed E-state index contributed by atoms with van der Waals surface area (Å²) >= 11 is 0. The first-order chi connectivity index (χ1) is 12.5. The van der Waals surface area contributed by atoms with Gasteiger partial charge in [-0.25, -0.2) is 0 Å². The Morgan fingerprint density at radius 2 is 1.92 bits per heavy atom. The van der Waals surface area contributed by atoms with Crippen LogP contribution in [0.2, 0.25) is 0 Å². The molecule has 2 amide bonds. The number of likely N-dealkylation sites (tertiary alicyclic amines) is 1. The van der Waals surface area contributed by atoms with E-state index in [1.165, 1.54) is 16.7 Å². The number of carbonyl (C=O) groups excluding carboxylic acids is 2. The van der Waals surface area contributed by atoms with E-state index in [4.69, 9.17) is 0 Å². The van der Waals surface area contributed by atoms with E-state index in [0.29, 0.717) is 26.1 Å². The summed E-state index contributed by atoms with van der Waals surface area (Å²) in [5.41, 5.74) is 4.69. The predicted octanol–water partition coefficient (Wildman–Crippen LogP) is 3.01. The van der Waals surface area contributed by atoms with E-state index in [-0.39, 0.29) is 17.7 Å². The predicted molar refractivity (Wildman–Crippen MR) is 103 cm³/mol. The van der Waals surface area contributed by atoms with Crippen LogP contribution in [-0.4, -0.2) is 29.8 Å². The summed E-state index contributed by atoms with van der Waals surface area (Å²) in [5, 5.41) is 3.01. The lowest BCUT2D eigenvalue weighted by Gasteiger charge is -2.17. The molecule has 2 aromatic carbocycles. The number of nitrogens with zero attached hydrogens (tertiary/aromatic N) is 1. The molecule has 4 nitrogen and oxygen atoms in total. The quantitative estimate of drug-likeness (QED) is 0.871. The first kappa shape index (κ1) is 18.2. The standard InChI is InChI=1S/C22H26N2O2/c1-16-8-9-17(2)19(12-16)14-23-22(26)20-13-21(25)24(15-20)11-10-18-6-4-3-5-7-18/h3-9,12,20H,10-11,13-15H2,1-2H3,(H,23,26)/t20-/m1/s1. The molecule has 0 bridgehead atoms. The third-order valence-electron chi connectivity index (χ3n) is 5.06. The van der Waals surface area contributed by atoms with Gasteiger partial charge in [-0.1, -0.05) is 54.1 Å². The molecule has 1 aliphatic heterocycles. The number of aryl methyl sites for hydroxylation is 2. The van der Waals surface area contributed by atoms with E-state index in [2.05, 4.69) is 35.6 Å². The molecule has 0 unspecified atom stereocenters. The average Bonchev–Trinajstić information content (AvgIpc) is 3.02. The number of carbonyl (C=O) groups is 2. The molecule has 3 rings (SSSR count). The van der Waals surface area contributed by atoms with Gasteiger partial charge in [0.15, 0.2) is 0 Å². The number of nitrogens with one attached hydrogen (secondary N) is 1. The second-order valence-electron chi connectivity index (χ2n) is 7.12. The largest absolute Gasteiger partial charge is 0.352 e. The van der Waals surface area contributed by atoms with Crippen molar-refractivity contribution in [2.45, 2.75) is 33.2 Å². The molecular weight excluding hydrogens is 324 g/mol. The topological polar surface area (TPSA) is 49.4 Å². The van der Waals surface area contributed by atoms with Gasteiger partial charge in [0, 0.05) is 26.1 Å². The van der Waals surface area contributed by atoms with Gasteiger partial charge >= 0.3 is 0 Å². The van der Waals surface area contributed by atoms with Crippen molar-refractivity contribution in [1.29, 1.82) is 0 Å². The van der Waals surface area contributed by atoms with Gasteiger partial charge in [-0.3, -0.25) is 9.59 Å². The maximum Gasteiger partial charge on any atom is 0.225 e. The van der Waals surface area contributed by atoms with Crippen LogP contribution >= 0.6 is 0 Å². The van der Waals surface area contributed by atoms with Gasteiger partial charge in [0.1, 0.15) is 0 Å². The molecule has 1 N–H and O–H groups in total. The first-order valence-corrected chi connectivity index (χ1v) is 9.18. The maximum atomic E-state index is 12.5. The number of amides is 2. The molecule has 1 aliphatic rings. The lowest BCUT2D eigenvalue weighted by molar-refractivity contribution is -0.129. The molecule has 1 saturated heterocycles. The highest BCUT2D eigenvalue weighted by Gasteiger charge is 2.33. The second kappa shape index (κ2) is 8.17. The van der Waals surface area contributed by atoms with E-state index in [0.717, 1.165) is 12.0 Å². The fourth-order valence-corrected chi connectivity index (χ4v) is 3.39. The number of hydrogen-bond donors (Lipinski definition) is 1. The smallest absolute Gasteiger partial charge is 0.225 e. The second-order valence-corrected chi connectivity index (χ2v) is 7.12. The average molecular weight is 350 g/mol. The van der Waals surface area contributed by atoms with Gasteiger partial charge in [0.05, 0.1) is 5.92 Å². The summed E-state index contributed by atoms with van der Waals surface area (Å²) in [6.07, 6.45) is 1.14. The minimum Gasteiger partial charge on any atom is -0.352 e. The fraction of sp³-hybridized carbons (Fsp3) is 0.364. The summed E-state index contributed by atoms with van der Waals surface area (Å²) in [6, 6.07) is 16.4. The molecule has 26 heavy (non-hydrogen) atoms. The lowest BCUT2D eigenvalue weighted by atomic mass is 10.0. The van der Waals surface area contributed by atoms with Crippen LogP contribution in [0.4, 0.5) is 0 Å². The highest BCUT2D eigenvalue weighted by molar-refractivity contribution is 5.89. The van der Waals surface area contributed by atoms with Crippen LogP contribution in [0.3, 0.4) is 0 Å². The monoisotopic (exact) mass is 350 g/mol. The van der Waals surface area contributed by atoms with Crippen molar-refractivity contribution < 1.29 is 9.59 Å². The molecule has 0 aliphatic carbocycles. The van der Waals surface area contributed by atoms with Crippen LogP contribution in [0.5, 0.6) is 0 Å². The molecule has 0 saturated carbocycles. The Bertz CT molecular complexity index is 786. The normalized spacial score (nSPS) is 16.8. The SMILES string of the molecule is Cc1ccc(C)c(CNC(=O)[C@@H]2CC(=O)N(CCc3ccccc3)C2)c1. The summed E-state index contributed by atoms with van der Waals surface area (Å²) in [5.74, 6) is -0.197. The van der Waals surface area contributed by atoms with Crippen LogP contribution < -0.4 is 5.32 Å². The molecule has 1 heterocycles. The molecular formula is C22H26N2O2. The third-order valence-corrected chi connectivity index (χ3v) is 5.06. The molecule has 136 valence electrons. The Labute approximate surface area is 155 Å². The minimum absolute atomic E-state index is 0.0264. The molecule has 0 spiro atoms. The summed E-state index contributed by atoms with van der Waals surface area (Å²) < 4.78 is 0. The number of hydrogen-bond acceptors (Lipinski definition) is 2. The molecule has 0 aromatic heterocycles. The van der Waals surface area contributed by atoms with Crippen molar-refractivity contribution in [2.75, 3.05) is 13.1 Å². The Kier molecular flexibility index (Phi) is 5.71. The van der Waals surface area contributed by atoms with Gasteiger partial charge in [-0.15, -0.1) is 0 Å². The van der Waals surface area contributed by atoms with Gasteiger partial charge in [0.2, 0.25) is 11.8 Å². The van der Waals surface area contributed by atoms with E-state index >= 15 is 0 Å². The van der Waals surface area contributed by atoms with Crippen molar-refractivity contribution in [1.82, 2.24) is 10.2 Å². The Morgan fingerprint density at radius 1 is 1.15 bits per heavy atom. The van der Waals surface area contributed by atoms with Gasteiger partial charge < -0.3 is 10.2 Å². The van der Waals surface area contributed by atoms with E-state index in [1.54, 1.807) is 0 Å². The van der Waals surface area contributed by atoms with Crippen molar-refractivity contribution in [3.63, 3.8) is 0 Å². The van der Waals surface area contributed by atoms with Crippen molar-refractivity contribution in [3.05, 3.63) is 70.8 Å². The van der Waals surface area contributed by atoms with Crippen LogP contribution in [0, 0.1) is 19.8 Å². The third kappa shape index (κ3) is 4.51. The number of benzene rings is 2. The Balaban J connectivity index is 1.51. The molecule has 4 heteroatoms. The minimum atomic E-state index is -0.247. The molecule has 2 aromatic rings. The summed E-state index contributed by atoms with van der Waals surface area (Å²) in [4.78, 5) is 26.5. The van der Waals surface area contributed by atoms with Crippen molar-refractivity contribution in [3.8, 4) is 0 Å². The molecule has 1 fully saturated rings. The Morgan fingerprint density at radius 3 is 2.69 bits per heavy atom. The van der Waals surface area contributed by atoms with Gasteiger partial charge in [0.25, 0.3) is 0 Å². The van der Waals surface area contributed by atoms with Crippen LogP contribution in [-0.2, 0) is 22.6 Å². The molecule has 0 radical (unpaired) electrons. The first-order valence-electron chi connectivity index (χ1n) is 9.18. The van der Waals surface area contributed by atoms with Gasteiger partial charge in [-0.05, 0) is 37.0 Å². The summed E-state index contributed by atoms with van der Waals surface area (Å²) in [6.45, 7) is 5.80. The zero-order valence-electron chi connectivity index (χ0n) is 15.5.